The molecule has 1 fully saturated rings. The Morgan fingerprint density at radius 3 is 2.35 bits per heavy atom. The van der Waals surface area contributed by atoms with Crippen LogP contribution in [0.4, 0.5) is 5.69 Å². The van der Waals surface area contributed by atoms with Crippen molar-refractivity contribution in [2.45, 2.75) is 44.2 Å². The van der Waals surface area contributed by atoms with Gasteiger partial charge in [0, 0.05) is 35.0 Å². The molecule has 0 aliphatic carbocycles. The third-order valence-electron chi connectivity index (χ3n) is 7.99. The maximum atomic E-state index is 13.1. The molecule has 5 unspecified atom stereocenters. The van der Waals surface area contributed by atoms with E-state index in [1.807, 2.05) is 30.3 Å². The normalized spacial score (nSPS) is 20.6. The molecular weight excluding hydrogens is 622 g/mol. The minimum absolute atomic E-state index is 0.0294. The average Bonchev–Trinajstić information content (AvgIpc) is 3.10. The lowest BCUT2D eigenvalue weighted by molar-refractivity contribution is -0.265. The number of anilines is 1. The number of fused-ring (bicyclic) bond motifs is 1. The van der Waals surface area contributed by atoms with Gasteiger partial charge in [-0.2, -0.15) is 0 Å². The van der Waals surface area contributed by atoms with Gasteiger partial charge in [0.1, 0.15) is 64.6 Å². The van der Waals surface area contributed by atoms with Crippen molar-refractivity contribution in [1.29, 1.82) is 0 Å². The molecule has 5 atom stereocenters. The van der Waals surface area contributed by atoms with Crippen LogP contribution in [0.2, 0.25) is 0 Å². The van der Waals surface area contributed by atoms with Crippen LogP contribution in [0, 0.1) is 6.92 Å². The number of rotatable bonds is 9. The molecule has 2 heterocycles. The van der Waals surface area contributed by atoms with E-state index in [1.165, 1.54) is 26.2 Å². The number of benzene rings is 4. The van der Waals surface area contributed by atoms with E-state index in [4.69, 9.17) is 23.4 Å². The van der Waals surface area contributed by atoms with E-state index in [0.717, 1.165) is 5.56 Å². The number of aliphatic hydroxyl groups excluding tert-OH is 3. The molecular formula is C36H33NO11. The zero-order valence-electron chi connectivity index (χ0n) is 25.9. The highest BCUT2D eigenvalue weighted by molar-refractivity contribution is 5.95. The lowest BCUT2D eigenvalue weighted by Gasteiger charge is -2.39. The standard InChI is InChI=1S/C36H33NO11/c1-19-26(47-36-33(42)31(40)32(41)34(48-36)35(43)37-22-9-6-10-24(15-22)44-2)17-28-29(30(19)39)25(38)16-27(46-28)21-11-13-23(14-12-21)45-18-20-7-4-3-5-8-20/h3-17,31-34,36,39-42H,18H2,1-2H3,(H,37,43). The first-order valence-electron chi connectivity index (χ1n) is 15.0. The van der Waals surface area contributed by atoms with E-state index in [0.29, 0.717) is 29.4 Å². The van der Waals surface area contributed by atoms with Crippen molar-refractivity contribution in [3.63, 3.8) is 0 Å². The molecule has 5 N–H and O–H groups in total. The summed E-state index contributed by atoms with van der Waals surface area (Å²) in [6, 6.07) is 25.7. The number of nitrogens with one attached hydrogen (secondary N) is 1. The number of hydrogen-bond acceptors (Lipinski definition) is 11. The van der Waals surface area contributed by atoms with Gasteiger partial charge in [0.15, 0.2) is 11.5 Å². The topological polar surface area (TPSA) is 177 Å². The van der Waals surface area contributed by atoms with Gasteiger partial charge in [-0.1, -0.05) is 36.4 Å². The molecule has 0 spiro atoms. The number of carbonyl (C=O) groups is 1. The molecule has 12 nitrogen and oxygen atoms in total. The van der Waals surface area contributed by atoms with Crippen LogP contribution in [0.25, 0.3) is 22.3 Å². The van der Waals surface area contributed by atoms with Crippen LogP contribution in [0.3, 0.4) is 0 Å². The second kappa shape index (κ2) is 13.8. The van der Waals surface area contributed by atoms with Crippen LogP contribution in [-0.4, -0.2) is 64.1 Å². The fourth-order valence-corrected chi connectivity index (χ4v) is 5.30. The van der Waals surface area contributed by atoms with E-state index in [1.54, 1.807) is 48.5 Å². The molecule has 1 aromatic heterocycles. The molecule has 48 heavy (non-hydrogen) atoms. The largest absolute Gasteiger partial charge is 0.507 e. The van der Waals surface area contributed by atoms with Crippen molar-refractivity contribution in [2.75, 3.05) is 12.4 Å². The average molecular weight is 656 g/mol. The fourth-order valence-electron chi connectivity index (χ4n) is 5.30. The zero-order chi connectivity index (χ0) is 33.9. The van der Waals surface area contributed by atoms with Gasteiger partial charge in [0.05, 0.1) is 7.11 Å². The fraction of sp³-hybridized carbons (Fsp3) is 0.222. The molecule has 6 rings (SSSR count). The summed E-state index contributed by atoms with van der Waals surface area (Å²) in [7, 11) is 1.47. The first-order valence-corrected chi connectivity index (χ1v) is 15.0. The first-order chi connectivity index (χ1) is 23.1. The molecule has 5 aromatic rings. The number of hydrogen-bond donors (Lipinski definition) is 5. The number of phenolic OH excluding ortho intramolecular Hbond substituents is 1. The molecule has 0 bridgehead atoms. The highest BCUT2D eigenvalue weighted by atomic mass is 16.7. The van der Waals surface area contributed by atoms with Crippen molar-refractivity contribution in [3.05, 3.63) is 112 Å². The van der Waals surface area contributed by atoms with Gasteiger partial charge in [0.25, 0.3) is 5.91 Å². The van der Waals surface area contributed by atoms with Crippen LogP contribution >= 0.6 is 0 Å². The van der Waals surface area contributed by atoms with Gasteiger partial charge >= 0.3 is 0 Å². The molecule has 0 saturated carbocycles. The maximum absolute atomic E-state index is 13.1. The molecule has 1 saturated heterocycles. The van der Waals surface area contributed by atoms with E-state index in [-0.39, 0.29) is 28.0 Å². The van der Waals surface area contributed by atoms with Crippen LogP contribution < -0.4 is 25.0 Å². The van der Waals surface area contributed by atoms with Gasteiger partial charge < -0.3 is 49.1 Å². The molecule has 12 heteroatoms. The minimum Gasteiger partial charge on any atom is -0.507 e. The van der Waals surface area contributed by atoms with E-state index >= 15 is 0 Å². The Balaban J connectivity index is 1.24. The van der Waals surface area contributed by atoms with Crippen molar-refractivity contribution < 1.29 is 48.6 Å². The lowest BCUT2D eigenvalue weighted by atomic mass is 9.98. The summed E-state index contributed by atoms with van der Waals surface area (Å²) in [6.07, 6.45) is -8.74. The Labute approximate surface area is 274 Å². The summed E-state index contributed by atoms with van der Waals surface area (Å²) in [6.45, 7) is 1.86. The Kier molecular flexibility index (Phi) is 9.33. The van der Waals surface area contributed by atoms with Crippen LogP contribution in [0.15, 0.2) is 100 Å². The molecule has 1 amide bonds. The second-order valence-electron chi connectivity index (χ2n) is 11.2. The van der Waals surface area contributed by atoms with E-state index in [9.17, 15) is 30.0 Å². The van der Waals surface area contributed by atoms with E-state index in [2.05, 4.69) is 5.32 Å². The zero-order valence-corrected chi connectivity index (χ0v) is 25.9. The number of aliphatic hydroxyl groups is 3. The van der Waals surface area contributed by atoms with Crippen molar-refractivity contribution in [2.24, 2.45) is 0 Å². The van der Waals surface area contributed by atoms with Gasteiger partial charge in [-0.3, -0.25) is 9.59 Å². The third-order valence-corrected chi connectivity index (χ3v) is 7.99. The van der Waals surface area contributed by atoms with E-state index < -0.39 is 47.8 Å². The lowest BCUT2D eigenvalue weighted by Crippen LogP contribution is -2.62. The summed E-state index contributed by atoms with van der Waals surface area (Å²) in [5.74, 6) is -0.0156. The number of aromatic hydroxyl groups is 1. The number of phenols is 1. The molecule has 4 aromatic carbocycles. The molecule has 1 aliphatic rings. The second-order valence-corrected chi connectivity index (χ2v) is 11.2. The molecule has 248 valence electrons. The van der Waals surface area contributed by atoms with Gasteiger partial charge in [-0.15, -0.1) is 0 Å². The highest BCUT2D eigenvalue weighted by Gasteiger charge is 2.48. The van der Waals surface area contributed by atoms with Crippen molar-refractivity contribution in [3.8, 4) is 34.3 Å². The van der Waals surface area contributed by atoms with Crippen LogP contribution in [0.5, 0.6) is 23.0 Å². The Hall–Kier alpha value is -5.40. The Bertz CT molecular complexity index is 1980. The minimum atomic E-state index is -1.83. The summed E-state index contributed by atoms with van der Waals surface area (Å²) in [5.41, 5.74) is 1.48. The number of carbonyl (C=O) groups excluding carboxylic acids is 1. The summed E-state index contributed by atoms with van der Waals surface area (Å²) in [5, 5.41) is 45.3. The SMILES string of the molecule is COc1cccc(NC(=O)C2OC(Oc3cc4oc(-c5ccc(OCc6ccccc6)cc5)cc(=O)c4c(O)c3C)C(O)C(O)C2O)c1. The summed E-state index contributed by atoms with van der Waals surface area (Å²) >= 11 is 0. The van der Waals surface area contributed by atoms with Gasteiger partial charge in [-0.25, -0.2) is 0 Å². The van der Waals surface area contributed by atoms with Gasteiger partial charge in [0.2, 0.25) is 6.29 Å². The van der Waals surface area contributed by atoms with Gasteiger partial charge in [-0.05, 0) is 48.9 Å². The number of amides is 1. The summed E-state index contributed by atoms with van der Waals surface area (Å²) in [4.78, 5) is 26.2. The van der Waals surface area contributed by atoms with Crippen molar-refractivity contribution in [1.82, 2.24) is 0 Å². The van der Waals surface area contributed by atoms with Crippen LogP contribution in [-0.2, 0) is 16.1 Å². The first kappa shape index (κ1) is 32.5. The van der Waals surface area contributed by atoms with Crippen LogP contribution in [0.1, 0.15) is 11.1 Å². The maximum Gasteiger partial charge on any atom is 0.256 e. The van der Waals surface area contributed by atoms with Crippen molar-refractivity contribution >= 4 is 22.6 Å². The predicted molar refractivity (Wildman–Crippen MR) is 174 cm³/mol. The number of methoxy groups -OCH3 is 1. The summed E-state index contributed by atoms with van der Waals surface area (Å²) < 4.78 is 28.5. The number of ether oxygens (including phenoxy) is 4. The third kappa shape index (κ3) is 6.68. The monoisotopic (exact) mass is 655 g/mol. The highest BCUT2D eigenvalue weighted by Crippen LogP contribution is 2.37. The molecule has 1 aliphatic heterocycles. The smallest absolute Gasteiger partial charge is 0.256 e. The predicted octanol–water partition coefficient (Wildman–Crippen LogP) is 3.89. The Morgan fingerprint density at radius 1 is 0.875 bits per heavy atom. The quantitative estimate of drug-likeness (QED) is 0.156. The molecule has 0 radical (unpaired) electrons. The Morgan fingerprint density at radius 2 is 1.62 bits per heavy atom.